The molecule has 0 bridgehead atoms. The first-order chi connectivity index (χ1) is 10.1. The van der Waals surface area contributed by atoms with E-state index in [-0.39, 0.29) is 0 Å². The molecule has 21 heavy (non-hydrogen) atoms. The Morgan fingerprint density at radius 3 is 2.14 bits per heavy atom. The molecule has 0 aliphatic carbocycles. The number of anilines is 1. The second-order valence-corrected chi connectivity index (χ2v) is 5.59. The molecule has 0 fully saturated rings. The molecule has 2 aromatic carbocycles. The van der Waals surface area contributed by atoms with Crippen molar-refractivity contribution in [2.24, 2.45) is 0 Å². The SMILES string of the molecule is Cc1ccc(-c2cnc(N)c(-c3ccc(S)cc3)c2)cc1. The summed E-state index contributed by atoms with van der Waals surface area (Å²) < 4.78 is 0. The van der Waals surface area contributed by atoms with Gasteiger partial charge in [0.2, 0.25) is 0 Å². The molecule has 104 valence electrons. The molecular weight excluding hydrogens is 276 g/mol. The molecule has 0 amide bonds. The molecule has 0 aliphatic rings. The third-order valence-electron chi connectivity index (χ3n) is 3.48. The lowest BCUT2D eigenvalue weighted by atomic mass is 10.0. The van der Waals surface area contributed by atoms with Gasteiger partial charge in [0.05, 0.1) is 0 Å². The Labute approximate surface area is 130 Å². The van der Waals surface area contributed by atoms with Crippen LogP contribution in [0.5, 0.6) is 0 Å². The van der Waals surface area contributed by atoms with Crippen molar-refractivity contribution in [2.45, 2.75) is 11.8 Å². The molecule has 2 N–H and O–H groups in total. The zero-order valence-corrected chi connectivity index (χ0v) is 12.6. The molecule has 3 rings (SSSR count). The summed E-state index contributed by atoms with van der Waals surface area (Å²) in [6.07, 6.45) is 1.82. The van der Waals surface area contributed by atoms with Crippen LogP contribution in [0.4, 0.5) is 5.82 Å². The summed E-state index contributed by atoms with van der Waals surface area (Å²) in [6.45, 7) is 2.08. The van der Waals surface area contributed by atoms with Crippen molar-refractivity contribution in [3.63, 3.8) is 0 Å². The van der Waals surface area contributed by atoms with Gasteiger partial charge in [0.25, 0.3) is 0 Å². The molecule has 3 heteroatoms. The van der Waals surface area contributed by atoms with Crippen LogP contribution in [0.15, 0.2) is 65.7 Å². The Balaban J connectivity index is 2.07. The van der Waals surface area contributed by atoms with E-state index in [0.29, 0.717) is 5.82 Å². The van der Waals surface area contributed by atoms with Crippen LogP contribution < -0.4 is 5.73 Å². The molecule has 0 spiro atoms. The summed E-state index contributed by atoms with van der Waals surface area (Å²) in [4.78, 5) is 5.27. The molecule has 0 saturated carbocycles. The van der Waals surface area contributed by atoms with E-state index < -0.39 is 0 Å². The summed E-state index contributed by atoms with van der Waals surface area (Å²) in [5.41, 5.74) is 11.5. The molecule has 1 heterocycles. The average molecular weight is 292 g/mol. The van der Waals surface area contributed by atoms with Crippen molar-refractivity contribution in [2.75, 3.05) is 5.73 Å². The second-order valence-electron chi connectivity index (χ2n) is 5.07. The van der Waals surface area contributed by atoms with E-state index in [4.69, 9.17) is 5.73 Å². The van der Waals surface area contributed by atoms with Crippen LogP contribution in [0, 0.1) is 6.92 Å². The Kier molecular flexibility index (Phi) is 3.67. The Bertz CT molecular complexity index is 762. The van der Waals surface area contributed by atoms with Gasteiger partial charge in [0.15, 0.2) is 0 Å². The Morgan fingerprint density at radius 2 is 1.48 bits per heavy atom. The lowest BCUT2D eigenvalue weighted by molar-refractivity contribution is 1.33. The topological polar surface area (TPSA) is 38.9 Å². The van der Waals surface area contributed by atoms with Gasteiger partial charge < -0.3 is 5.73 Å². The first kappa shape index (κ1) is 13.7. The number of nitrogens with zero attached hydrogens (tertiary/aromatic N) is 1. The van der Waals surface area contributed by atoms with Gasteiger partial charge in [-0.3, -0.25) is 0 Å². The van der Waals surface area contributed by atoms with Crippen molar-refractivity contribution in [3.05, 3.63) is 66.4 Å². The first-order valence-electron chi connectivity index (χ1n) is 6.75. The minimum absolute atomic E-state index is 0.540. The zero-order chi connectivity index (χ0) is 14.8. The summed E-state index contributed by atoms with van der Waals surface area (Å²) in [5, 5.41) is 0. The summed E-state index contributed by atoms with van der Waals surface area (Å²) >= 11 is 4.31. The van der Waals surface area contributed by atoms with E-state index in [1.165, 1.54) is 5.56 Å². The highest BCUT2D eigenvalue weighted by molar-refractivity contribution is 7.80. The summed E-state index contributed by atoms with van der Waals surface area (Å²) in [7, 11) is 0. The minimum Gasteiger partial charge on any atom is -0.383 e. The molecule has 0 aliphatic heterocycles. The number of hydrogen-bond acceptors (Lipinski definition) is 3. The largest absolute Gasteiger partial charge is 0.383 e. The highest BCUT2D eigenvalue weighted by Gasteiger charge is 2.07. The zero-order valence-electron chi connectivity index (χ0n) is 11.7. The van der Waals surface area contributed by atoms with Crippen molar-refractivity contribution in [1.29, 1.82) is 0 Å². The van der Waals surface area contributed by atoms with Crippen LogP contribution in [0.1, 0.15) is 5.56 Å². The number of nitrogens with two attached hydrogens (primary N) is 1. The first-order valence-corrected chi connectivity index (χ1v) is 7.20. The fourth-order valence-corrected chi connectivity index (χ4v) is 2.40. The van der Waals surface area contributed by atoms with Crippen molar-refractivity contribution in [1.82, 2.24) is 4.98 Å². The maximum absolute atomic E-state index is 6.03. The van der Waals surface area contributed by atoms with E-state index in [0.717, 1.165) is 27.1 Å². The van der Waals surface area contributed by atoms with Gasteiger partial charge in [-0.05, 0) is 36.2 Å². The monoisotopic (exact) mass is 292 g/mol. The van der Waals surface area contributed by atoms with Gasteiger partial charge in [-0.25, -0.2) is 4.98 Å². The van der Waals surface area contributed by atoms with Crippen LogP contribution in [0.25, 0.3) is 22.3 Å². The maximum Gasteiger partial charge on any atom is 0.131 e. The molecule has 0 atom stereocenters. The van der Waals surface area contributed by atoms with Crippen LogP contribution in [0.3, 0.4) is 0 Å². The average Bonchev–Trinajstić information content (AvgIpc) is 2.50. The van der Waals surface area contributed by atoms with Gasteiger partial charge >= 0.3 is 0 Å². The van der Waals surface area contributed by atoms with E-state index in [1.54, 1.807) is 0 Å². The van der Waals surface area contributed by atoms with Gasteiger partial charge in [-0.2, -0.15) is 0 Å². The predicted molar refractivity (Wildman–Crippen MR) is 91.5 cm³/mol. The molecule has 0 unspecified atom stereocenters. The Hall–Kier alpha value is -2.26. The van der Waals surface area contributed by atoms with Crippen molar-refractivity contribution < 1.29 is 0 Å². The normalized spacial score (nSPS) is 10.6. The highest BCUT2D eigenvalue weighted by atomic mass is 32.1. The molecule has 2 nitrogen and oxygen atoms in total. The molecule has 1 aromatic heterocycles. The number of rotatable bonds is 2. The van der Waals surface area contributed by atoms with E-state index in [1.807, 2.05) is 30.5 Å². The fourth-order valence-electron chi connectivity index (χ4n) is 2.25. The van der Waals surface area contributed by atoms with Crippen molar-refractivity contribution in [3.8, 4) is 22.3 Å². The number of thiol groups is 1. The molecular formula is C18H16N2S. The quantitative estimate of drug-likeness (QED) is 0.678. The number of aryl methyl sites for hydroxylation is 1. The lowest BCUT2D eigenvalue weighted by Crippen LogP contribution is -1.95. The van der Waals surface area contributed by atoms with Crippen LogP contribution in [0.2, 0.25) is 0 Å². The summed E-state index contributed by atoms with van der Waals surface area (Å²) in [6, 6.07) is 18.4. The van der Waals surface area contributed by atoms with Crippen LogP contribution in [-0.4, -0.2) is 4.98 Å². The fraction of sp³-hybridized carbons (Fsp3) is 0.0556. The van der Waals surface area contributed by atoms with Gasteiger partial charge in [-0.1, -0.05) is 42.0 Å². The molecule has 0 saturated heterocycles. The predicted octanol–water partition coefficient (Wildman–Crippen LogP) is 4.59. The number of nitrogen functional groups attached to an aromatic ring is 1. The minimum atomic E-state index is 0.540. The van der Waals surface area contributed by atoms with Gasteiger partial charge in [-0.15, -0.1) is 12.6 Å². The Morgan fingerprint density at radius 1 is 0.857 bits per heavy atom. The van der Waals surface area contributed by atoms with Crippen molar-refractivity contribution >= 4 is 18.4 Å². The number of pyridine rings is 1. The highest BCUT2D eigenvalue weighted by Crippen LogP contribution is 2.30. The maximum atomic E-state index is 6.03. The standard InChI is InChI=1S/C18H16N2S/c1-12-2-4-13(5-3-12)15-10-17(18(19)20-11-15)14-6-8-16(21)9-7-14/h2-11,21H,1H3,(H2,19,20). The number of aromatic nitrogens is 1. The van der Waals surface area contributed by atoms with Gasteiger partial charge in [0, 0.05) is 22.2 Å². The third kappa shape index (κ3) is 2.93. The smallest absolute Gasteiger partial charge is 0.131 e. The summed E-state index contributed by atoms with van der Waals surface area (Å²) in [5.74, 6) is 0.540. The van der Waals surface area contributed by atoms with Gasteiger partial charge in [0.1, 0.15) is 5.82 Å². The number of hydrogen-bond donors (Lipinski definition) is 2. The third-order valence-corrected chi connectivity index (χ3v) is 3.78. The van der Waals surface area contributed by atoms with Crippen LogP contribution >= 0.6 is 12.6 Å². The second kappa shape index (κ2) is 5.62. The van der Waals surface area contributed by atoms with E-state index >= 15 is 0 Å². The van der Waals surface area contributed by atoms with Crippen LogP contribution in [-0.2, 0) is 0 Å². The number of benzene rings is 2. The lowest BCUT2D eigenvalue weighted by Gasteiger charge is -2.09. The van der Waals surface area contributed by atoms with E-state index in [9.17, 15) is 0 Å². The molecule has 0 radical (unpaired) electrons. The van der Waals surface area contributed by atoms with E-state index in [2.05, 4.69) is 54.9 Å². The molecule has 3 aromatic rings.